The predicted molar refractivity (Wildman–Crippen MR) is 145 cm³/mol. The molecule has 0 radical (unpaired) electrons. The Labute approximate surface area is 248 Å². The molecule has 11 unspecified atom stereocenters. The lowest BCUT2D eigenvalue weighted by Gasteiger charge is -2.51. The van der Waals surface area contributed by atoms with Crippen LogP contribution in [0.5, 0.6) is 0 Å². The number of amides is 1. The van der Waals surface area contributed by atoms with Crippen LogP contribution in [0.2, 0.25) is 0 Å². The topological polar surface area (TPSA) is 139 Å². The van der Waals surface area contributed by atoms with Gasteiger partial charge in [-0.05, 0) is 19.3 Å². The number of nitrogens with one attached hydrogen (secondary N) is 1. The summed E-state index contributed by atoms with van der Waals surface area (Å²) >= 11 is 17.6. The summed E-state index contributed by atoms with van der Waals surface area (Å²) in [5, 5.41) is 2.73. The number of hydrogen-bond donors (Lipinski definition) is 2. The molecule has 15 heteroatoms. The second kappa shape index (κ2) is 12.8. The van der Waals surface area contributed by atoms with E-state index in [2.05, 4.69) is 5.32 Å². The first-order chi connectivity index (χ1) is 18.7. The molecule has 0 aliphatic carbocycles. The van der Waals surface area contributed by atoms with Gasteiger partial charge in [0, 0.05) is 11.5 Å². The van der Waals surface area contributed by atoms with Gasteiger partial charge in [-0.25, -0.2) is 4.18 Å². The van der Waals surface area contributed by atoms with Crippen LogP contribution in [0.1, 0.15) is 46.0 Å². The molecular formula is C25H34Cl3NO10S. The molecule has 3 aliphatic heterocycles. The van der Waals surface area contributed by atoms with Crippen molar-refractivity contribution in [3.63, 3.8) is 0 Å². The number of hydrogen-bond acceptors (Lipinski definition) is 9. The molecule has 3 aliphatic rings. The Kier molecular flexibility index (Phi) is 10.3. The number of alkyl halides is 3. The van der Waals surface area contributed by atoms with Crippen LogP contribution in [0.3, 0.4) is 0 Å². The van der Waals surface area contributed by atoms with E-state index in [1.54, 1.807) is 20.8 Å². The Morgan fingerprint density at radius 1 is 1.07 bits per heavy atom. The molecule has 40 heavy (non-hydrogen) atoms. The van der Waals surface area contributed by atoms with Crippen molar-refractivity contribution in [2.75, 3.05) is 6.61 Å². The highest BCUT2D eigenvalue weighted by molar-refractivity contribution is 7.80. The second-order valence-corrected chi connectivity index (χ2v) is 13.6. The fourth-order valence-electron chi connectivity index (χ4n) is 5.35. The number of rotatable bonds is 7. The maximum atomic E-state index is 12.7. The Morgan fingerprint density at radius 3 is 2.35 bits per heavy atom. The summed E-state index contributed by atoms with van der Waals surface area (Å²) in [6.45, 7) is 7.34. The molecule has 0 aromatic heterocycles. The quantitative estimate of drug-likeness (QED) is 0.333. The molecule has 0 bridgehead atoms. The molecule has 4 rings (SSSR count). The van der Waals surface area contributed by atoms with E-state index in [0.29, 0.717) is 6.42 Å². The average molecular weight is 647 g/mol. The number of halogens is 3. The SMILES string of the molecule is CCC1OC(OC2C(NC(=O)C(Cl)(Cl)Cl)C(C)OC3COC(c4ccccc4)OC32)C(C)C(C)C1OS(=O)(=O)O. The number of ether oxygens (including phenoxy) is 5. The first-order valence-electron chi connectivity index (χ1n) is 13.0. The van der Waals surface area contributed by atoms with Gasteiger partial charge in [0.2, 0.25) is 0 Å². The Balaban J connectivity index is 1.63. The van der Waals surface area contributed by atoms with Gasteiger partial charge in [-0.1, -0.05) is 85.9 Å². The van der Waals surface area contributed by atoms with Crippen molar-refractivity contribution in [1.29, 1.82) is 0 Å². The van der Waals surface area contributed by atoms with E-state index in [4.69, 9.17) is 62.7 Å². The summed E-state index contributed by atoms with van der Waals surface area (Å²) in [6, 6.07) is 8.51. The monoisotopic (exact) mass is 645 g/mol. The number of carbonyl (C=O) groups is 1. The summed E-state index contributed by atoms with van der Waals surface area (Å²) in [6.07, 6.45) is -5.59. The van der Waals surface area contributed by atoms with Crippen LogP contribution >= 0.6 is 34.8 Å². The Hall–Kier alpha value is -0.770. The summed E-state index contributed by atoms with van der Waals surface area (Å²) in [5.74, 6) is -1.67. The van der Waals surface area contributed by atoms with Gasteiger partial charge in [0.25, 0.3) is 9.70 Å². The zero-order valence-electron chi connectivity index (χ0n) is 22.3. The second-order valence-electron chi connectivity index (χ2n) is 10.3. The average Bonchev–Trinajstić information content (AvgIpc) is 2.89. The molecule has 1 aromatic rings. The number of carbonyl (C=O) groups excluding carboxylic acids is 1. The first-order valence-corrected chi connectivity index (χ1v) is 15.5. The Bertz CT molecular complexity index is 1120. The zero-order chi connectivity index (χ0) is 29.4. The van der Waals surface area contributed by atoms with E-state index in [9.17, 15) is 17.8 Å². The molecule has 2 N–H and O–H groups in total. The van der Waals surface area contributed by atoms with Crippen LogP contribution in [0.25, 0.3) is 0 Å². The van der Waals surface area contributed by atoms with E-state index in [1.165, 1.54) is 0 Å². The maximum Gasteiger partial charge on any atom is 0.397 e. The minimum atomic E-state index is -4.72. The van der Waals surface area contributed by atoms with Crippen molar-refractivity contribution in [3.8, 4) is 0 Å². The van der Waals surface area contributed by atoms with Crippen molar-refractivity contribution < 1.29 is 45.6 Å². The molecule has 226 valence electrons. The lowest BCUT2D eigenvalue weighted by Crippen LogP contribution is -2.68. The highest BCUT2D eigenvalue weighted by Crippen LogP contribution is 2.40. The fourth-order valence-corrected chi connectivity index (χ4v) is 6.10. The van der Waals surface area contributed by atoms with Gasteiger partial charge in [0.1, 0.15) is 24.4 Å². The van der Waals surface area contributed by atoms with Gasteiger partial charge in [-0.2, -0.15) is 8.42 Å². The fraction of sp³-hybridized carbons (Fsp3) is 0.720. The van der Waals surface area contributed by atoms with E-state index >= 15 is 0 Å². The lowest BCUT2D eigenvalue weighted by atomic mass is 9.83. The summed E-state index contributed by atoms with van der Waals surface area (Å²) in [5.41, 5.74) is 0.785. The molecule has 1 amide bonds. The van der Waals surface area contributed by atoms with Gasteiger partial charge >= 0.3 is 10.4 Å². The molecular weight excluding hydrogens is 613 g/mol. The van der Waals surface area contributed by atoms with Gasteiger partial charge in [0.15, 0.2) is 12.6 Å². The third-order valence-corrected chi connectivity index (χ3v) is 8.62. The van der Waals surface area contributed by atoms with Crippen LogP contribution in [0, 0.1) is 11.8 Å². The van der Waals surface area contributed by atoms with Gasteiger partial charge in [-0.3, -0.25) is 9.35 Å². The third kappa shape index (κ3) is 7.41. The van der Waals surface area contributed by atoms with E-state index in [0.717, 1.165) is 5.56 Å². The van der Waals surface area contributed by atoms with Crippen molar-refractivity contribution in [2.24, 2.45) is 11.8 Å². The van der Waals surface area contributed by atoms with Crippen LogP contribution in [0.15, 0.2) is 30.3 Å². The number of benzene rings is 1. The van der Waals surface area contributed by atoms with Crippen LogP contribution in [-0.4, -0.2) is 78.2 Å². The van der Waals surface area contributed by atoms with Crippen LogP contribution in [0.4, 0.5) is 0 Å². The zero-order valence-corrected chi connectivity index (χ0v) is 25.4. The van der Waals surface area contributed by atoms with E-state index in [1.807, 2.05) is 37.3 Å². The summed E-state index contributed by atoms with van der Waals surface area (Å²) in [7, 11) is -4.72. The molecule has 3 saturated heterocycles. The molecule has 0 saturated carbocycles. The normalized spacial score (nSPS) is 38.9. The first kappa shape index (κ1) is 32.2. The third-order valence-electron chi connectivity index (χ3n) is 7.64. The van der Waals surface area contributed by atoms with Crippen LogP contribution < -0.4 is 5.32 Å². The lowest BCUT2D eigenvalue weighted by molar-refractivity contribution is -0.349. The summed E-state index contributed by atoms with van der Waals surface area (Å²) < 4.78 is 66.3. The molecule has 3 heterocycles. The minimum absolute atomic E-state index is 0.193. The van der Waals surface area contributed by atoms with E-state index in [-0.39, 0.29) is 6.61 Å². The van der Waals surface area contributed by atoms with Crippen molar-refractivity contribution in [3.05, 3.63) is 35.9 Å². The van der Waals surface area contributed by atoms with Crippen molar-refractivity contribution >= 4 is 51.1 Å². The molecule has 1 aromatic carbocycles. The van der Waals surface area contributed by atoms with Gasteiger partial charge in [-0.15, -0.1) is 0 Å². The van der Waals surface area contributed by atoms with E-state index < -0.39 is 87.2 Å². The molecule has 11 atom stereocenters. The van der Waals surface area contributed by atoms with Gasteiger partial charge in [0.05, 0.1) is 24.9 Å². The highest BCUT2D eigenvalue weighted by atomic mass is 35.6. The van der Waals surface area contributed by atoms with Crippen molar-refractivity contribution in [2.45, 2.75) is 93.2 Å². The smallest absolute Gasteiger partial charge is 0.368 e. The highest BCUT2D eigenvalue weighted by Gasteiger charge is 2.53. The van der Waals surface area contributed by atoms with Crippen molar-refractivity contribution in [1.82, 2.24) is 5.32 Å². The summed E-state index contributed by atoms with van der Waals surface area (Å²) in [4.78, 5) is 12.7. The minimum Gasteiger partial charge on any atom is -0.368 e. The number of fused-ring (bicyclic) bond motifs is 1. The molecule has 3 fully saturated rings. The van der Waals surface area contributed by atoms with Gasteiger partial charge < -0.3 is 29.0 Å². The Morgan fingerprint density at radius 2 is 1.75 bits per heavy atom. The maximum absolute atomic E-state index is 12.7. The molecule has 11 nitrogen and oxygen atoms in total. The molecule has 0 spiro atoms. The van der Waals surface area contributed by atoms with Crippen LogP contribution in [-0.2, 0) is 43.1 Å². The standard InChI is InChI=1S/C25H34Cl3NO10S/c1-5-16-19(39-40(31,32)33)12(2)13(3)22(36-16)38-21-18(29-24(30)25(26,27)28)14(4)35-17-11-34-23(37-20(17)21)15-9-7-6-8-10-15/h6-10,12-14,16-23H,5,11H2,1-4H3,(H,29,30)(H,31,32,33). The predicted octanol–water partition coefficient (Wildman–Crippen LogP) is 3.72. The largest absolute Gasteiger partial charge is 0.397 e.